The summed E-state index contributed by atoms with van der Waals surface area (Å²) in [5.41, 5.74) is 3.05. The molecule has 0 atom stereocenters. The van der Waals surface area contributed by atoms with Crippen LogP contribution in [0.1, 0.15) is 10.4 Å². The van der Waals surface area contributed by atoms with Gasteiger partial charge in [0.1, 0.15) is 0 Å². The summed E-state index contributed by atoms with van der Waals surface area (Å²) in [6, 6.07) is 3.15. The minimum absolute atomic E-state index is 0.133. The van der Waals surface area contributed by atoms with Crippen LogP contribution in [0.2, 0.25) is 5.02 Å². The summed E-state index contributed by atoms with van der Waals surface area (Å²) in [6.07, 6.45) is 0. The molecular formula is C10H11ClN2O3. The van der Waals surface area contributed by atoms with E-state index in [2.05, 4.69) is 5.43 Å². The van der Waals surface area contributed by atoms with E-state index in [9.17, 15) is 4.79 Å². The van der Waals surface area contributed by atoms with Crippen molar-refractivity contribution in [2.45, 2.75) is 0 Å². The molecular weight excluding hydrogens is 232 g/mol. The highest BCUT2D eigenvalue weighted by Crippen LogP contribution is 2.39. The van der Waals surface area contributed by atoms with E-state index < -0.39 is 0 Å². The minimum Gasteiger partial charge on any atom is -0.454 e. The van der Waals surface area contributed by atoms with Crippen LogP contribution in [-0.4, -0.2) is 31.8 Å². The van der Waals surface area contributed by atoms with E-state index in [0.29, 0.717) is 22.1 Å². The molecule has 1 aromatic rings. The van der Waals surface area contributed by atoms with Crippen LogP contribution in [0.5, 0.6) is 11.5 Å². The second-order valence-corrected chi connectivity index (χ2v) is 3.93. The molecule has 0 bridgehead atoms. The second kappa shape index (κ2) is 4.19. The van der Waals surface area contributed by atoms with E-state index in [1.807, 2.05) is 0 Å². The third-order valence-electron chi connectivity index (χ3n) is 2.01. The molecule has 0 saturated carbocycles. The maximum absolute atomic E-state index is 11.7. The number of carbonyl (C=O) groups is 1. The smallest absolute Gasteiger partial charge is 0.265 e. The topological polar surface area (TPSA) is 50.8 Å². The van der Waals surface area contributed by atoms with Crippen molar-refractivity contribution in [1.82, 2.24) is 10.4 Å². The Morgan fingerprint density at radius 3 is 2.88 bits per heavy atom. The molecule has 2 rings (SSSR count). The van der Waals surface area contributed by atoms with Gasteiger partial charge in [0.15, 0.2) is 11.5 Å². The van der Waals surface area contributed by atoms with Gasteiger partial charge in [-0.2, -0.15) is 0 Å². The van der Waals surface area contributed by atoms with Crippen LogP contribution < -0.4 is 14.9 Å². The van der Waals surface area contributed by atoms with E-state index in [4.69, 9.17) is 21.1 Å². The average Bonchev–Trinajstić information content (AvgIpc) is 2.64. The van der Waals surface area contributed by atoms with Crippen molar-refractivity contribution >= 4 is 17.5 Å². The van der Waals surface area contributed by atoms with Crippen molar-refractivity contribution in [3.63, 3.8) is 0 Å². The standard InChI is InChI=1S/C10H11ClN2O3/c1-13(2)12-10(14)6-3-7(11)9-8(4-6)15-5-16-9/h3-4H,5H2,1-2H3,(H,12,14). The van der Waals surface area contributed by atoms with Crippen LogP contribution in [0.15, 0.2) is 12.1 Å². The molecule has 0 aliphatic carbocycles. The Bertz CT molecular complexity index is 434. The Hall–Kier alpha value is -1.46. The Balaban J connectivity index is 2.30. The van der Waals surface area contributed by atoms with Gasteiger partial charge in [0.25, 0.3) is 5.91 Å². The van der Waals surface area contributed by atoms with Crippen LogP contribution in [0, 0.1) is 0 Å². The number of amides is 1. The van der Waals surface area contributed by atoms with Crippen molar-refractivity contribution in [2.24, 2.45) is 0 Å². The molecule has 6 heteroatoms. The van der Waals surface area contributed by atoms with Crippen molar-refractivity contribution in [3.8, 4) is 11.5 Å². The fraction of sp³-hybridized carbons (Fsp3) is 0.300. The van der Waals surface area contributed by atoms with E-state index in [1.54, 1.807) is 31.2 Å². The van der Waals surface area contributed by atoms with Gasteiger partial charge in [0, 0.05) is 19.7 Å². The van der Waals surface area contributed by atoms with E-state index >= 15 is 0 Å². The fourth-order valence-electron chi connectivity index (χ4n) is 1.37. The highest BCUT2D eigenvalue weighted by Gasteiger charge is 2.20. The van der Waals surface area contributed by atoms with Gasteiger partial charge in [0.2, 0.25) is 6.79 Å². The van der Waals surface area contributed by atoms with E-state index in [-0.39, 0.29) is 12.7 Å². The number of hydrazine groups is 1. The number of fused-ring (bicyclic) bond motifs is 1. The first-order valence-electron chi connectivity index (χ1n) is 4.65. The number of nitrogens with one attached hydrogen (secondary N) is 1. The first kappa shape index (κ1) is 11.0. The highest BCUT2D eigenvalue weighted by molar-refractivity contribution is 6.32. The Morgan fingerprint density at radius 1 is 1.44 bits per heavy atom. The van der Waals surface area contributed by atoms with Crippen molar-refractivity contribution in [3.05, 3.63) is 22.7 Å². The number of ether oxygens (including phenoxy) is 2. The quantitative estimate of drug-likeness (QED) is 0.794. The molecule has 86 valence electrons. The summed E-state index contributed by atoms with van der Waals surface area (Å²) in [5, 5.41) is 1.93. The summed E-state index contributed by atoms with van der Waals surface area (Å²) in [6.45, 7) is 0.133. The number of hydrogen-bond acceptors (Lipinski definition) is 4. The summed E-state index contributed by atoms with van der Waals surface area (Å²) in [5.74, 6) is 0.740. The second-order valence-electron chi connectivity index (χ2n) is 3.53. The van der Waals surface area contributed by atoms with Gasteiger partial charge < -0.3 is 9.47 Å². The van der Waals surface area contributed by atoms with Crippen LogP contribution in [0.25, 0.3) is 0 Å². The van der Waals surface area contributed by atoms with Crippen LogP contribution in [0.3, 0.4) is 0 Å². The Morgan fingerprint density at radius 2 is 2.19 bits per heavy atom. The molecule has 0 saturated heterocycles. The number of nitrogens with zero attached hydrogens (tertiary/aromatic N) is 1. The molecule has 1 aromatic carbocycles. The molecule has 5 nitrogen and oxygen atoms in total. The number of rotatable bonds is 2. The van der Waals surface area contributed by atoms with Gasteiger partial charge in [-0.15, -0.1) is 0 Å². The normalized spacial score (nSPS) is 13.0. The van der Waals surface area contributed by atoms with Gasteiger partial charge in [-0.25, -0.2) is 5.01 Å². The van der Waals surface area contributed by atoms with Gasteiger partial charge >= 0.3 is 0 Å². The highest BCUT2D eigenvalue weighted by atomic mass is 35.5. The number of hydrogen-bond donors (Lipinski definition) is 1. The molecule has 0 radical (unpaired) electrons. The first-order valence-corrected chi connectivity index (χ1v) is 5.03. The zero-order chi connectivity index (χ0) is 11.7. The molecule has 1 amide bonds. The van der Waals surface area contributed by atoms with Crippen LogP contribution in [0.4, 0.5) is 0 Å². The lowest BCUT2D eigenvalue weighted by molar-refractivity contribution is 0.0856. The fourth-order valence-corrected chi connectivity index (χ4v) is 1.63. The minimum atomic E-state index is -0.245. The third kappa shape index (κ3) is 2.05. The monoisotopic (exact) mass is 242 g/mol. The predicted molar refractivity (Wildman–Crippen MR) is 58.7 cm³/mol. The molecule has 0 unspecified atom stereocenters. The summed E-state index contributed by atoms with van der Waals surface area (Å²) in [7, 11) is 3.46. The zero-order valence-corrected chi connectivity index (χ0v) is 9.67. The zero-order valence-electron chi connectivity index (χ0n) is 8.91. The molecule has 0 aromatic heterocycles. The number of benzene rings is 1. The molecule has 0 fully saturated rings. The van der Waals surface area contributed by atoms with Crippen molar-refractivity contribution in [1.29, 1.82) is 0 Å². The first-order chi connectivity index (χ1) is 7.58. The van der Waals surface area contributed by atoms with Crippen molar-refractivity contribution < 1.29 is 14.3 Å². The van der Waals surface area contributed by atoms with E-state index in [1.165, 1.54) is 0 Å². The van der Waals surface area contributed by atoms with E-state index in [0.717, 1.165) is 0 Å². The SMILES string of the molecule is CN(C)NC(=O)c1cc(Cl)c2c(c1)OCO2. The molecule has 1 aliphatic heterocycles. The lowest BCUT2D eigenvalue weighted by Gasteiger charge is -2.12. The van der Waals surface area contributed by atoms with Crippen LogP contribution in [-0.2, 0) is 0 Å². The van der Waals surface area contributed by atoms with Gasteiger partial charge in [-0.1, -0.05) is 11.6 Å². The maximum Gasteiger partial charge on any atom is 0.265 e. The van der Waals surface area contributed by atoms with Gasteiger partial charge in [-0.3, -0.25) is 10.2 Å². The maximum atomic E-state index is 11.7. The molecule has 1 aliphatic rings. The predicted octanol–water partition coefficient (Wildman–Crippen LogP) is 1.28. The number of halogens is 1. The summed E-state index contributed by atoms with van der Waals surface area (Å²) in [4.78, 5) is 11.7. The summed E-state index contributed by atoms with van der Waals surface area (Å²) >= 11 is 5.96. The van der Waals surface area contributed by atoms with Crippen LogP contribution >= 0.6 is 11.6 Å². The van der Waals surface area contributed by atoms with Gasteiger partial charge in [-0.05, 0) is 12.1 Å². The molecule has 1 heterocycles. The Kier molecular flexibility index (Phi) is 2.89. The van der Waals surface area contributed by atoms with Gasteiger partial charge in [0.05, 0.1) is 5.02 Å². The lowest BCUT2D eigenvalue weighted by Crippen LogP contribution is -2.36. The largest absolute Gasteiger partial charge is 0.454 e. The molecule has 16 heavy (non-hydrogen) atoms. The Labute approximate surface area is 97.9 Å². The molecule has 0 spiro atoms. The lowest BCUT2D eigenvalue weighted by atomic mass is 10.2. The summed E-state index contributed by atoms with van der Waals surface area (Å²) < 4.78 is 10.3. The average molecular weight is 243 g/mol. The van der Waals surface area contributed by atoms with Crippen molar-refractivity contribution in [2.75, 3.05) is 20.9 Å². The molecule has 1 N–H and O–H groups in total. The third-order valence-corrected chi connectivity index (χ3v) is 2.30. The number of carbonyl (C=O) groups excluding carboxylic acids is 1.